The molecule has 2 aromatic rings. The van der Waals surface area contributed by atoms with Crippen LogP contribution in [-0.2, 0) is 4.74 Å². The number of aryl methyl sites for hydroxylation is 1. The largest absolute Gasteiger partial charge is 0.381 e. The number of carbonyl (C=O) groups is 2. The highest BCUT2D eigenvalue weighted by Gasteiger charge is 2.45. The number of rotatable bonds is 5. The molecule has 3 heterocycles. The SMILES string of the molecule is CCNC(=O)c1ccc(NC(=O)c2cc(C)cnc2N2CC3(CCOCC3)C2)cc1. The summed E-state index contributed by atoms with van der Waals surface area (Å²) in [5.41, 5.74) is 3.02. The second-order valence-electron chi connectivity index (χ2n) is 8.24. The second-order valence-corrected chi connectivity index (χ2v) is 8.24. The van der Waals surface area contributed by atoms with Crippen molar-refractivity contribution in [1.29, 1.82) is 0 Å². The van der Waals surface area contributed by atoms with E-state index in [2.05, 4.69) is 20.5 Å². The Bertz CT molecular complexity index is 928. The topological polar surface area (TPSA) is 83.6 Å². The fraction of sp³-hybridized carbons (Fsp3) is 0.435. The lowest BCUT2D eigenvalue weighted by Gasteiger charge is -2.53. The average Bonchev–Trinajstić information content (AvgIpc) is 2.73. The Hall–Kier alpha value is -2.93. The number of benzene rings is 1. The summed E-state index contributed by atoms with van der Waals surface area (Å²) in [5, 5.41) is 5.70. The summed E-state index contributed by atoms with van der Waals surface area (Å²) in [6, 6.07) is 8.79. The Morgan fingerprint density at radius 2 is 1.83 bits per heavy atom. The lowest BCUT2D eigenvalue weighted by Crippen LogP contribution is -2.59. The lowest BCUT2D eigenvalue weighted by atomic mass is 9.73. The van der Waals surface area contributed by atoms with E-state index in [0.29, 0.717) is 28.8 Å². The molecule has 1 aromatic heterocycles. The summed E-state index contributed by atoms with van der Waals surface area (Å²) in [6.07, 6.45) is 3.94. The van der Waals surface area contributed by atoms with Crippen molar-refractivity contribution in [2.75, 3.05) is 43.1 Å². The first-order chi connectivity index (χ1) is 14.5. The van der Waals surface area contributed by atoms with Crippen LogP contribution in [-0.4, -0.2) is 49.6 Å². The number of pyridine rings is 1. The van der Waals surface area contributed by atoms with Gasteiger partial charge in [0.2, 0.25) is 0 Å². The Morgan fingerprint density at radius 1 is 1.13 bits per heavy atom. The minimum Gasteiger partial charge on any atom is -0.381 e. The summed E-state index contributed by atoms with van der Waals surface area (Å²) in [4.78, 5) is 31.7. The summed E-state index contributed by atoms with van der Waals surface area (Å²) in [7, 11) is 0. The zero-order chi connectivity index (χ0) is 21.1. The first-order valence-electron chi connectivity index (χ1n) is 10.5. The van der Waals surface area contributed by atoms with E-state index in [1.54, 1.807) is 24.3 Å². The molecule has 7 heteroatoms. The molecular formula is C23H28N4O3. The van der Waals surface area contributed by atoms with Crippen LogP contribution in [0.25, 0.3) is 0 Å². The maximum absolute atomic E-state index is 13.0. The average molecular weight is 409 g/mol. The van der Waals surface area contributed by atoms with Crippen molar-refractivity contribution in [3.05, 3.63) is 53.2 Å². The fourth-order valence-corrected chi connectivity index (χ4v) is 4.18. The van der Waals surface area contributed by atoms with Gasteiger partial charge < -0.3 is 20.3 Å². The van der Waals surface area contributed by atoms with Gasteiger partial charge in [-0.15, -0.1) is 0 Å². The van der Waals surface area contributed by atoms with Gasteiger partial charge in [0.1, 0.15) is 5.82 Å². The quantitative estimate of drug-likeness (QED) is 0.795. The van der Waals surface area contributed by atoms with Gasteiger partial charge in [-0.1, -0.05) is 0 Å². The van der Waals surface area contributed by atoms with Gasteiger partial charge in [-0.3, -0.25) is 9.59 Å². The number of anilines is 2. The molecule has 30 heavy (non-hydrogen) atoms. The van der Waals surface area contributed by atoms with E-state index in [-0.39, 0.29) is 11.8 Å². The van der Waals surface area contributed by atoms with Crippen LogP contribution in [0.15, 0.2) is 36.5 Å². The first kappa shape index (κ1) is 20.3. The maximum Gasteiger partial charge on any atom is 0.259 e. The molecule has 0 aliphatic carbocycles. The zero-order valence-electron chi connectivity index (χ0n) is 17.5. The van der Waals surface area contributed by atoms with Crippen molar-refractivity contribution in [2.45, 2.75) is 26.7 Å². The Morgan fingerprint density at radius 3 is 2.50 bits per heavy atom. The number of ether oxygens (including phenoxy) is 1. The van der Waals surface area contributed by atoms with Crippen molar-refractivity contribution < 1.29 is 14.3 Å². The molecule has 2 fully saturated rings. The molecule has 0 unspecified atom stereocenters. The number of nitrogens with one attached hydrogen (secondary N) is 2. The standard InChI is InChI=1S/C23H28N4O3/c1-3-24-21(28)17-4-6-18(7-5-17)26-22(29)19-12-16(2)13-25-20(19)27-14-23(15-27)8-10-30-11-9-23/h4-7,12-13H,3,8-11,14-15H2,1-2H3,(H,24,28)(H,26,29). The minimum absolute atomic E-state index is 0.125. The molecule has 2 saturated heterocycles. The fourth-order valence-electron chi connectivity index (χ4n) is 4.18. The Balaban J connectivity index is 1.47. The summed E-state index contributed by atoms with van der Waals surface area (Å²) in [6.45, 7) is 7.84. The van der Waals surface area contributed by atoms with E-state index in [4.69, 9.17) is 4.74 Å². The van der Waals surface area contributed by atoms with Crippen LogP contribution in [0, 0.1) is 12.3 Å². The van der Waals surface area contributed by atoms with Gasteiger partial charge in [-0.2, -0.15) is 0 Å². The van der Waals surface area contributed by atoms with Gasteiger partial charge in [0, 0.05) is 55.7 Å². The second kappa shape index (κ2) is 8.44. The van der Waals surface area contributed by atoms with E-state index in [1.807, 2.05) is 26.1 Å². The van der Waals surface area contributed by atoms with Crippen molar-refractivity contribution in [2.24, 2.45) is 5.41 Å². The van der Waals surface area contributed by atoms with Crippen molar-refractivity contribution in [1.82, 2.24) is 10.3 Å². The molecule has 2 aliphatic rings. The molecule has 7 nitrogen and oxygen atoms in total. The van der Waals surface area contributed by atoms with E-state index in [1.165, 1.54) is 0 Å². The van der Waals surface area contributed by atoms with E-state index in [0.717, 1.165) is 50.5 Å². The molecule has 0 radical (unpaired) electrons. The van der Waals surface area contributed by atoms with Crippen LogP contribution in [0.4, 0.5) is 11.5 Å². The van der Waals surface area contributed by atoms with E-state index >= 15 is 0 Å². The van der Waals surface area contributed by atoms with Crippen molar-refractivity contribution >= 4 is 23.3 Å². The molecule has 2 N–H and O–H groups in total. The normalized spacial score (nSPS) is 17.3. The monoisotopic (exact) mass is 408 g/mol. The van der Waals surface area contributed by atoms with Crippen molar-refractivity contribution in [3.8, 4) is 0 Å². The molecule has 2 amide bonds. The molecule has 1 aromatic carbocycles. The van der Waals surface area contributed by atoms with Crippen LogP contribution in [0.1, 0.15) is 46.0 Å². The van der Waals surface area contributed by atoms with Gasteiger partial charge in [0.15, 0.2) is 0 Å². The molecule has 158 valence electrons. The van der Waals surface area contributed by atoms with Gasteiger partial charge in [-0.25, -0.2) is 4.98 Å². The van der Waals surface area contributed by atoms with Crippen molar-refractivity contribution in [3.63, 3.8) is 0 Å². The summed E-state index contributed by atoms with van der Waals surface area (Å²) in [5.74, 6) is 0.412. The smallest absolute Gasteiger partial charge is 0.259 e. The van der Waals surface area contributed by atoms with Crippen LogP contribution in [0.3, 0.4) is 0 Å². The number of hydrogen-bond donors (Lipinski definition) is 2. The highest BCUT2D eigenvalue weighted by molar-refractivity contribution is 6.08. The lowest BCUT2D eigenvalue weighted by molar-refractivity contribution is -0.000509. The predicted molar refractivity (Wildman–Crippen MR) is 116 cm³/mol. The Kier molecular flexibility index (Phi) is 5.72. The zero-order valence-corrected chi connectivity index (χ0v) is 17.5. The first-order valence-corrected chi connectivity index (χ1v) is 10.5. The number of amides is 2. The molecule has 2 aliphatic heterocycles. The minimum atomic E-state index is -0.195. The molecule has 4 rings (SSSR count). The van der Waals surface area contributed by atoms with E-state index < -0.39 is 0 Å². The van der Waals surface area contributed by atoms with Gasteiger partial charge in [0.05, 0.1) is 5.56 Å². The molecular weight excluding hydrogens is 380 g/mol. The van der Waals surface area contributed by atoms with Crippen LogP contribution >= 0.6 is 0 Å². The third kappa shape index (κ3) is 4.16. The van der Waals surface area contributed by atoms with Gasteiger partial charge in [0.25, 0.3) is 11.8 Å². The van der Waals surface area contributed by atoms with E-state index in [9.17, 15) is 9.59 Å². The van der Waals surface area contributed by atoms with Crippen LogP contribution in [0.2, 0.25) is 0 Å². The molecule has 0 bridgehead atoms. The summed E-state index contributed by atoms with van der Waals surface area (Å²) >= 11 is 0. The number of carbonyl (C=O) groups excluding carboxylic acids is 2. The summed E-state index contributed by atoms with van der Waals surface area (Å²) < 4.78 is 5.50. The number of aromatic nitrogens is 1. The third-order valence-corrected chi connectivity index (χ3v) is 5.90. The molecule has 1 spiro atoms. The number of nitrogens with zero attached hydrogens (tertiary/aromatic N) is 2. The predicted octanol–water partition coefficient (Wildman–Crippen LogP) is 3.01. The third-order valence-electron chi connectivity index (χ3n) is 5.90. The highest BCUT2D eigenvalue weighted by atomic mass is 16.5. The Labute approximate surface area is 176 Å². The molecule has 0 atom stereocenters. The maximum atomic E-state index is 13.0. The van der Waals surface area contributed by atoms with Gasteiger partial charge >= 0.3 is 0 Å². The van der Waals surface area contributed by atoms with Gasteiger partial charge in [-0.05, 0) is 62.6 Å². The number of hydrogen-bond acceptors (Lipinski definition) is 5. The van der Waals surface area contributed by atoms with Crippen LogP contribution in [0.5, 0.6) is 0 Å². The molecule has 0 saturated carbocycles. The van der Waals surface area contributed by atoms with Crippen LogP contribution < -0.4 is 15.5 Å². The highest BCUT2D eigenvalue weighted by Crippen LogP contribution is 2.42.